The lowest BCUT2D eigenvalue weighted by molar-refractivity contribution is -0.386. The Kier molecular flexibility index (Phi) is 4.31. The number of ether oxygens (including phenoxy) is 1. The second-order valence-electron chi connectivity index (χ2n) is 4.52. The summed E-state index contributed by atoms with van der Waals surface area (Å²) in [6, 6.07) is 0. The number of carbonyl (C=O) groups excluding carboxylic acids is 2. The van der Waals surface area contributed by atoms with E-state index in [1.807, 2.05) is 0 Å². The molecule has 0 spiro atoms. The molecule has 0 aliphatic carbocycles. The molecule has 0 saturated carbocycles. The highest BCUT2D eigenvalue weighted by molar-refractivity contribution is 7.16. The Morgan fingerprint density at radius 2 is 2.09 bits per heavy atom. The van der Waals surface area contributed by atoms with Gasteiger partial charge in [-0.2, -0.15) is 0 Å². The summed E-state index contributed by atoms with van der Waals surface area (Å²) in [5.74, 6) is -1.83. The van der Waals surface area contributed by atoms with Gasteiger partial charge in [0.2, 0.25) is 5.69 Å². The van der Waals surface area contributed by atoms with Gasteiger partial charge < -0.3 is 15.8 Å². The van der Waals surface area contributed by atoms with E-state index >= 15 is 0 Å². The number of nitrogens with one attached hydrogen (secondary N) is 2. The molecular weight excluding hydrogens is 326 g/mol. The van der Waals surface area contributed by atoms with Crippen LogP contribution in [-0.2, 0) is 0 Å². The molecule has 2 amide bonds. The minimum Gasteiger partial charge on any atom is -0.475 e. The highest BCUT2D eigenvalue weighted by atomic mass is 32.1. The third-order valence-electron chi connectivity index (χ3n) is 3.17. The van der Waals surface area contributed by atoms with E-state index in [4.69, 9.17) is 10.5 Å². The molecule has 0 atom stereocenters. The molecule has 0 fully saturated rings. The monoisotopic (exact) mass is 339 g/mol. The van der Waals surface area contributed by atoms with E-state index in [9.17, 15) is 19.7 Å². The fourth-order valence-corrected chi connectivity index (χ4v) is 3.03. The number of aryl methyl sites for hydroxylation is 1. The summed E-state index contributed by atoms with van der Waals surface area (Å²) in [6.07, 6.45) is 0. The third-order valence-corrected chi connectivity index (χ3v) is 4.29. The first-order chi connectivity index (χ1) is 10.8. The van der Waals surface area contributed by atoms with Crippen molar-refractivity contribution in [1.29, 1.82) is 0 Å². The molecule has 0 saturated heterocycles. The van der Waals surface area contributed by atoms with Gasteiger partial charge in [0.25, 0.3) is 11.8 Å². The van der Waals surface area contributed by atoms with Crippen LogP contribution in [-0.4, -0.2) is 34.0 Å². The number of rotatable bonds is 5. The predicted octanol–water partition coefficient (Wildman–Crippen LogP) is 1.36. The average molecular weight is 339 g/mol. The van der Waals surface area contributed by atoms with Crippen molar-refractivity contribution in [2.45, 2.75) is 13.8 Å². The molecule has 23 heavy (non-hydrogen) atoms. The molecule has 2 aromatic rings. The number of nitro groups is 1. The van der Waals surface area contributed by atoms with Gasteiger partial charge in [0.1, 0.15) is 5.00 Å². The molecule has 0 aliphatic rings. The second kappa shape index (κ2) is 6.04. The Hall–Kier alpha value is -2.95. The molecule has 0 aliphatic heterocycles. The van der Waals surface area contributed by atoms with E-state index in [0.717, 1.165) is 16.2 Å². The minimum atomic E-state index is -0.823. The molecule has 2 rings (SSSR count). The van der Waals surface area contributed by atoms with Crippen LogP contribution in [0.4, 0.5) is 10.7 Å². The molecule has 2 heterocycles. The number of nitrogens with zero attached hydrogens (tertiary/aromatic N) is 2. The van der Waals surface area contributed by atoms with E-state index in [0.29, 0.717) is 5.56 Å². The van der Waals surface area contributed by atoms with E-state index in [1.54, 1.807) is 13.8 Å². The zero-order valence-corrected chi connectivity index (χ0v) is 13.2. The molecule has 122 valence electrons. The van der Waals surface area contributed by atoms with Crippen molar-refractivity contribution in [3.8, 4) is 5.88 Å². The number of anilines is 1. The summed E-state index contributed by atoms with van der Waals surface area (Å²) in [7, 11) is 1.20. The number of primary amides is 1. The number of hydrogen-bond donors (Lipinski definition) is 3. The zero-order chi connectivity index (χ0) is 17.3. The molecule has 0 aromatic carbocycles. The number of aromatic amines is 1. The number of amides is 2. The maximum Gasteiger partial charge on any atom is 0.362 e. The van der Waals surface area contributed by atoms with Crippen LogP contribution in [0.25, 0.3) is 0 Å². The summed E-state index contributed by atoms with van der Waals surface area (Å²) in [5.41, 5.74) is 5.17. The van der Waals surface area contributed by atoms with Crippen LogP contribution in [0.1, 0.15) is 31.3 Å². The van der Waals surface area contributed by atoms with E-state index in [1.165, 1.54) is 7.11 Å². The van der Waals surface area contributed by atoms with Gasteiger partial charge in [-0.3, -0.25) is 24.8 Å². The number of carbonyl (C=O) groups is 2. The number of hydrogen-bond acceptors (Lipinski definition) is 7. The Labute approximate surface area is 133 Å². The van der Waals surface area contributed by atoms with Gasteiger partial charge in [0, 0.05) is 4.88 Å². The van der Waals surface area contributed by atoms with Gasteiger partial charge in [-0.05, 0) is 19.4 Å². The fourth-order valence-electron chi connectivity index (χ4n) is 1.97. The van der Waals surface area contributed by atoms with Crippen molar-refractivity contribution in [3.05, 3.63) is 31.8 Å². The van der Waals surface area contributed by atoms with Crippen molar-refractivity contribution in [1.82, 2.24) is 10.2 Å². The van der Waals surface area contributed by atoms with E-state index < -0.39 is 22.4 Å². The van der Waals surface area contributed by atoms with Crippen LogP contribution in [0.5, 0.6) is 5.88 Å². The maximum absolute atomic E-state index is 12.3. The third kappa shape index (κ3) is 2.85. The first kappa shape index (κ1) is 16.4. The lowest BCUT2D eigenvalue weighted by Crippen LogP contribution is -2.18. The molecule has 4 N–H and O–H groups in total. The highest BCUT2D eigenvalue weighted by Crippen LogP contribution is 2.34. The normalized spacial score (nSPS) is 10.4. The van der Waals surface area contributed by atoms with Crippen LogP contribution < -0.4 is 15.8 Å². The van der Waals surface area contributed by atoms with Crippen LogP contribution in [0, 0.1) is 24.0 Å². The lowest BCUT2D eigenvalue weighted by Gasteiger charge is -2.03. The van der Waals surface area contributed by atoms with Crippen molar-refractivity contribution in [2.75, 3.05) is 12.4 Å². The van der Waals surface area contributed by atoms with Crippen molar-refractivity contribution < 1.29 is 19.2 Å². The Morgan fingerprint density at radius 3 is 2.61 bits per heavy atom. The van der Waals surface area contributed by atoms with Crippen molar-refractivity contribution >= 4 is 33.8 Å². The number of H-pyrrole nitrogens is 1. The number of thiophene rings is 1. The molecular formula is C12H13N5O5S. The van der Waals surface area contributed by atoms with Crippen LogP contribution in [0.2, 0.25) is 0 Å². The number of nitrogens with two attached hydrogens (primary N) is 1. The summed E-state index contributed by atoms with van der Waals surface area (Å²) in [5, 5.41) is 19.6. The highest BCUT2D eigenvalue weighted by Gasteiger charge is 2.31. The van der Waals surface area contributed by atoms with Crippen LogP contribution in [0.3, 0.4) is 0 Å². The molecule has 0 radical (unpaired) electrons. The van der Waals surface area contributed by atoms with Gasteiger partial charge in [0.15, 0.2) is 0 Å². The maximum atomic E-state index is 12.3. The first-order valence-corrected chi connectivity index (χ1v) is 7.07. The average Bonchev–Trinajstić information content (AvgIpc) is 3.01. The van der Waals surface area contributed by atoms with Gasteiger partial charge in [-0.25, -0.2) is 0 Å². The minimum absolute atomic E-state index is 0.176. The Bertz CT molecular complexity index is 809. The topological polar surface area (TPSA) is 153 Å². The summed E-state index contributed by atoms with van der Waals surface area (Å²) >= 11 is 1.15. The standard InChI is InChI=1S/C12H13N5O5S/c1-4-5(2)23-12(6(4)9(13)18)14-10(19)7-8(17(20)21)11(22-3)16-15-7/h1-3H3,(H2,13,18)(H,14,19)(H,15,16). The Morgan fingerprint density at radius 1 is 1.43 bits per heavy atom. The molecule has 0 unspecified atom stereocenters. The van der Waals surface area contributed by atoms with Crippen molar-refractivity contribution in [3.63, 3.8) is 0 Å². The molecule has 0 bridgehead atoms. The zero-order valence-electron chi connectivity index (χ0n) is 12.4. The smallest absolute Gasteiger partial charge is 0.362 e. The van der Waals surface area contributed by atoms with E-state index in [2.05, 4.69) is 15.5 Å². The van der Waals surface area contributed by atoms with Gasteiger partial charge >= 0.3 is 11.6 Å². The molecule has 11 heteroatoms. The Balaban J connectivity index is 2.42. The second-order valence-corrected chi connectivity index (χ2v) is 5.74. The molecule has 10 nitrogen and oxygen atoms in total. The van der Waals surface area contributed by atoms with Crippen LogP contribution >= 0.6 is 11.3 Å². The summed E-state index contributed by atoms with van der Waals surface area (Å²) < 4.78 is 4.74. The van der Waals surface area contributed by atoms with Gasteiger partial charge in [0.05, 0.1) is 17.6 Å². The first-order valence-electron chi connectivity index (χ1n) is 6.25. The number of methoxy groups -OCH3 is 1. The van der Waals surface area contributed by atoms with Crippen LogP contribution in [0.15, 0.2) is 0 Å². The quantitative estimate of drug-likeness (QED) is 0.552. The van der Waals surface area contributed by atoms with Gasteiger partial charge in [-0.15, -0.1) is 16.4 Å². The summed E-state index contributed by atoms with van der Waals surface area (Å²) in [6.45, 7) is 3.47. The van der Waals surface area contributed by atoms with Gasteiger partial charge in [-0.1, -0.05) is 0 Å². The van der Waals surface area contributed by atoms with E-state index in [-0.39, 0.29) is 22.1 Å². The van der Waals surface area contributed by atoms with Crippen molar-refractivity contribution in [2.24, 2.45) is 5.73 Å². The molecule has 2 aromatic heterocycles. The largest absolute Gasteiger partial charge is 0.475 e. The number of aromatic nitrogens is 2. The lowest BCUT2D eigenvalue weighted by atomic mass is 10.1. The fraction of sp³-hybridized carbons (Fsp3) is 0.250. The predicted molar refractivity (Wildman–Crippen MR) is 82.1 cm³/mol. The SMILES string of the molecule is COc1n[nH]c(C(=O)Nc2sc(C)c(C)c2C(N)=O)c1[N+](=O)[O-]. The summed E-state index contributed by atoms with van der Waals surface area (Å²) in [4.78, 5) is 34.9.